The second kappa shape index (κ2) is 10.8. The molecule has 0 N–H and O–H groups in total. The minimum Gasteiger partial charge on any atom is -0.493 e. The first-order valence-corrected chi connectivity index (χ1v) is 8.95. The first-order valence-electron chi connectivity index (χ1n) is 8.61. The van der Waals surface area contributed by atoms with E-state index in [1.165, 1.54) is 0 Å². The molecule has 3 rings (SSSR count). The maximum Gasteiger partial charge on any atom is 0.127 e. The van der Waals surface area contributed by atoms with Crippen molar-refractivity contribution < 1.29 is 4.74 Å². The highest BCUT2D eigenvalue weighted by molar-refractivity contribution is 6.14. The van der Waals surface area contributed by atoms with Gasteiger partial charge in [-0.3, -0.25) is 4.42 Å². The van der Waals surface area contributed by atoms with Gasteiger partial charge in [-0.05, 0) is 24.5 Å². The second-order valence-electron chi connectivity index (χ2n) is 5.99. The first-order chi connectivity index (χ1) is 12.3. The molecule has 1 aliphatic heterocycles. The van der Waals surface area contributed by atoms with Gasteiger partial charge in [0.15, 0.2) is 0 Å². The predicted octanol–water partition coefficient (Wildman–Crippen LogP) is 5.60. The van der Waals surface area contributed by atoms with Crippen LogP contribution in [0.15, 0.2) is 73.1 Å². The molecule has 138 valence electrons. The van der Waals surface area contributed by atoms with Crippen molar-refractivity contribution in [1.29, 1.82) is 0 Å². The molecule has 0 spiro atoms. The first kappa shape index (κ1) is 20.2. The number of nitrogens with zero attached hydrogens (tertiary/aromatic N) is 2. The standard InChI is InChI=1S/C21H23ClN2O.ClH/c22-24-15-14-23(18-24)13-7-8-16-25-21(20-11-5-2-6-12-20)17-19-9-3-1-4-10-19;/h1-6,9-12,14-15,17H,7-8,13,16,18H2;1H/b21-17+;. The molecule has 0 fully saturated rings. The molecule has 3 nitrogen and oxygen atoms in total. The van der Waals surface area contributed by atoms with Crippen LogP contribution in [0, 0.1) is 0 Å². The summed E-state index contributed by atoms with van der Waals surface area (Å²) < 4.78 is 7.77. The monoisotopic (exact) mass is 390 g/mol. The summed E-state index contributed by atoms with van der Waals surface area (Å²) >= 11 is 5.91. The molecule has 0 radical (unpaired) electrons. The molecular formula is C21H24Cl2N2O. The highest BCUT2D eigenvalue weighted by atomic mass is 35.5. The van der Waals surface area contributed by atoms with Crippen LogP contribution in [0.1, 0.15) is 24.0 Å². The van der Waals surface area contributed by atoms with Gasteiger partial charge in [-0.15, -0.1) is 12.4 Å². The van der Waals surface area contributed by atoms with E-state index in [0.29, 0.717) is 6.61 Å². The van der Waals surface area contributed by atoms with Crippen molar-refractivity contribution in [2.45, 2.75) is 12.8 Å². The predicted molar refractivity (Wildman–Crippen MR) is 112 cm³/mol. The second-order valence-corrected chi connectivity index (χ2v) is 6.43. The lowest BCUT2D eigenvalue weighted by Crippen LogP contribution is -2.21. The Morgan fingerprint density at radius 1 is 0.962 bits per heavy atom. The van der Waals surface area contributed by atoms with E-state index in [1.807, 2.05) is 48.8 Å². The quantitative estimate of drug-likeness (QED) is 0.252. The van der Waals surface area contributed by atoms with Gasteiger partial charge in [0.05, 0.1) is 6.61 Å². The molecule has 0 atom stereocenters. The van der Waals surface area contributed by atoms with Crippen LogP contribution in [0.3, 0.4) is 0 Å². The SMILES string of the molecule is Cl.ClN1C=CN(CCCCO/C(=C/c2ccccc2)c2ccccc2)C1. The van der Waals surface area contributed by atoms with Crippen molar-refractivity contribution in [3.8, 4) is 0 Å². The Morgan fingerprint density at radius 3 is 2.31 bits per heavy atom. The number of unbranched alkanes of at least 4 members (excludes halogenated alkanes) is 1. The minimum atomic E-state index is 0. The van der Waals surface area contributed by atoms with E-state index in [0.717, 1.165) is 42.9 Å². The summed E-state index contributed by atoms with van der Waals surface area (Å²) in [6.45, 7) is 2.45. The third kappa shape index (κ3) is 6.32. The summed E-state index contributed by atoms with van der Waals surface area (Å²) in [6, 6.07) is 20.5. The van der Waals surface area contributed by atoms with E-state index < -0.39 is 0 Å². The Hall–Kier alpha value is -2.10. The van der Waals surface area contributed by atoms with Gasteiger partial charge in [0.2, 0.25) is 0 Å². The van der Waals surface area contributed by atoms with E-state index in [9.17, 15) is 0 Å². The Morgan fingerprint density at radius 2 is 1.65 bits per heavy atom. The third-order valence-electron chi connectivity index (χ3n) is 4.01. The van der Waals surface area contributed by atoms with Crippen molar-refractivity contribution in [2.24, 2.45) is 0 Å². The number of hydrogen-bond donors (Lipinski definition) is 0. The van der Waals surface area contributed by atoms with Crippen LogP contribution in [-0.2, 0) is 4.74 Å². The molecule has 0 unspecified atom stereocenters. The maximum atomic E-state index is 6.11. The molecule has 0 bridgehead atoms. The van der Waals surface area contributed by atoms with Crippen molar-refractivity contribution in [3.63, 3.8) is 0 Å². The summed E-state index contributed by atoms with van der Waals surface area (Å²) in [5.74, 6) is 0.916. The van der Waals surface area contributed by atoms with Gasteiger partial charge in [-0.25, -0.2) is 0 Å². The van der Waals surface area contributed by atoms with Crippen LogP contribution in [-0.4, -0.2) is 29.1 Å². The van der Waals surface area contributed by atoms with Crippen molar-refractivity contribution in [3.05, 3.63) is 84.2 Å². The largest absolute Gasteiger partial charge is 0.493 e. The maximum absolute atomic E-state index is 6.11. The Labute approximate surface area is 167 Å². The third-order valence-corrected chi connectivity index (χ3v) is 4.23. The number of rotatable bonds is 8. The minimum absolute atomic E-state index is 0. The van der Waals surface area contributed by atoms with Gasteiger partial charge >= 0.3 is 0 Å². The molecule has 1 aliphatic rings. The van der Waals surface area contributed by atoms with Crippen LogP contribution < -0.4 is 0 Å². The molecule has 2 aromatic carbocycles. The smallest absolute Gasteiger partial charge is 0.127 e. The van der Waals surface area contributed by atoms with E-state index in [1.54, 1.807) is 4.42 Å². The van der Waals surface area contributed by atoms with E-state index >= 15 is 0 Å². The van der Waals surface area contributed by atoms with Gasteiger partial charge in [-0.2, -0.15) is 0 Å². The Balaban J connectivity index is 0.00000243. The fraction of sp³-hybridized carbons (Fsp3) is 0.238. The number of halogens is 2. The zero-order valence-corrected chi connectivity index (χ0v) is 16.2. The molecule has 26 heavy (non-hydrogen) atoms. The Kier molecular flexibility index (Phi) is 8.39. The summed E-state index contributed by atoms with van der Waals surface area (Å²) in [7, 11) is 0. The van der Waals surface area contributed by atoms with Gasteiger partial charge in [-0.1, -0.05) is 60.7 Å². The fourth-order valence-electron chi connectivity index (χ4n) is 2.69. The molecular weight excluding hydrogens is 367 g/mol. The van der Waals surface area contributed by atoms with Crippen molar-refractivity contribution in [2.75, 3.05) is 19.8 Å². The molecule has 0 saturated heterocycles. The van der Waals surface area contributed by atoms with Crippen LogP contribution in [0.5, 0.6) is 0 Å². The van der Waals surface area contributed by atoms with Gasteiger partial charge in [0.25, 0.3) is 0 Å². The molecule has 0 aliphatic carbocycles. The summed E-state index contributed by atoms with van der Waals surface area (Å²) in [6.07, 6.45) is 8.09. The average molecular weight is 391 g/mol. The Bertz CT molecular complexity index is 704. The highest BCUT2D eigenvalue weighted by Gasteiger charge is 2.09. The summed E-state index contributed by atoms with van der Waals surface area (Å²) in [4.78, 5) is 2.20. The van der Waals surface area contributed by atoms with Crippen LogP contribution in [0.25, 0.3) is 11.8 Å². The lowest BCUT2D eigenvalue weighted by molar-refractivity contribution is 0.256. The van der Waals surface area contributed by atoms with Crippen molar-refractivity contribution >= 4 is 36.0 Å². The lowest BCUT2D eigenvalue weighted by Gasteiger charge is -2.17. The van der Waals surface area contributed by atoms with Crippen LogP contribution in [0.4, 0.5) is 0 Å². The highest BCUT2D eigenvalue weighted by Crippen LogP contribution is 2.20. The van der Waals surface area contributed by atoms with Crippen LogP contribution >= 0.6 is 24.2 Å². The fourth-order valence-corrected chi connectivity index (χ4v) is 2.88. The van der Waals surface area contributed by atoms with Gasteiger partial charge in [0.1, 0.15) is 12.4 Å². The number of benzene rings is 2. The zero-order chi connectivity index (χ0) is 17.3. The zero-order valence-electron chi connectivity index (χ0n) is 14.6. The summed E-state index contributed by atoms with van der Waals surface area (Å²) in [5.41, 5.74) is 2.25. The topological polar surface area (TPSA) is 15.7 Å². The van der Waals surface area contributed by atoms with E-state index in [-0.39, 0.29) is 12.4 Å². The lowest BCUT2D eigenvalue weighted by atomic mass is 10.1. The van der Waals surface area contributed by atoms with E-state index in [2.05, 4.69) is 35.2 Å². The normalized spacial score (nSPS) is 13.7. The number of hydrogen-bond acceptors (Lipinski definition) is 3. The van der Waals surface area contributed by atoms with Crippen molar-refractivity contribution in [1.82, 2.24) is 9.32 Å². The van der Waals surface area contributed by atoms with Gasteiger partial charge in [0, 0.05) is 36.3 Å². The van der Waals surface area contributed by atoms with E-state index in [4.69, 9.17) is 16.5 Å². The molecule has 0 saturated carbocycles. The molecule has 0 amide bonds. The van der Waals surface area contributed by atoms with Gasteiger partial charge < -0.3 is 9.64 Å². The molecule has 1 heterocycles. The molecule has 0 aromatic heterocycles. The molecule has 5 heteroatoms. The average Bonchev–Trinajstić information content (AvgIpc) is 3.07. The van der Waals surface area contributed by atoms with Crippen LogP contribution in [0.2, 0.25) is 0 Å². The summed E-state index contributed by atoms with van der Waals surface area (Å²) in [5, 5.41) is 0. The molecule has 2 aromatic rings. The number of ether oxygens (including phenoxy) is 1.